The Bertz CT molecular complexity index is 460. The van der Waals surface area contributed by atoms with Crippen molar-refractivity contribution in [2.24, 2.45) is 5.92 Å². The first-order valence-electron chi connectivity index (χ1n) is 7.15. The van der Waals surface area contributed by atoms with Crippen LogP contribution >= 0.6 is 0 Å². The van der Waals surface area contributed by atoms with Gasteiger partial charge in [0.1, 0.15) is 0 Å². The minimum atomic E-state index is -0.0637. The van der Waals surface area contributed by atoms with E-state index in [-0.39, 0.29) is 5.91 Å². The molecule has 1 amide bonds. The van der Waals surface area contributed by atoms with E-state index in [0.717, 1.165) is 31.1 Å². The molecule has 3 N–H and O–H groups in total. The molecule has 5 heteroatoms. The second kappa shape index (κ2) is 7.14. The second-order valence-corrected chi connectivity index (χ2v) is 5.31. The van der Waals surface area contributed by atoms with Gasteiger partial charge in [0.15, 0.2) is 0 Å². The highest BCUT2D eigenvalue weighted by atomic mass is 16.5. The van der Waals surface area contributed by atoms with Crippen molar-refractivity contribution >= 4 is 17.3 Å². The standard InChI is InChI=1S/C15H23N3O2/c1-11(2)10-20-9-8-18-15(19)12-4-3-5-13-14(12)17-7-6-16-13/h3-5,11,16-17H,6-10H2,1-2H3,(H,18,19). The minimum Gasteiger partial charge on any atom is -0.382 e. The maximum absolute atomic E-state index is 12.2. The van der Waals surface area contributed by atoms with E-state index in [9.17, 15) is 4.79 Å². The maximum Gasteiger partial charge on any atom is 0.253 e. The van der Waals surface area contributed by atoms with Crippen LogP contribution in [-0.4, -0.2) is 38.8 Å². The first kappa shape index (κ1) is 14.7. The van der Waals surface area contributed by atoms with Gasteiger partial charge in [0, 0.05) is 26.2 Å². The third kappa shape index (κ3) is 3.87. The highest BCUT2D eigenvalue weighted by Crippen LogP contribution is 2.28. The zero-order valence-corrected chi connectivity index (χ0v) is 12.2. The number of benzene rings is 1. The number of amides is 1. The molecule has 0 unspecified atom stereocenters. The van der Waals surface area contributed by atoms with Crippen molar-refractivity contribution in [2.75, 3.05) is 43.5 Å². The molecule has 1 aliphatic rings. The summed E-state index contributed by atoms with van der Waals surface area (Å²) >= 11 is 0. The van der Waals surface area contributed by atoms with E-state index in [1.165, 1.54) is 0 Å². The number of para-hydroxylation sites is 1. The highest BCUT2D eigenvalue weighted by Gasteiger charge is 2.16. The van der Waals surface area contributed by atoms with Crippen LogP contribution in [0.4, 0.5) is 11.4 Å². The summed E-state index contributed by atoms with van der Waals surface area (Å²) in [6.45, 7) is 7.71. The van der Waals surface area contributed by atoms with Crippen molar-refractivity contribution < 1.29 is 9.53 Å². The fourth-order valence-electron chi connectivity index (χ4n) is 2.11. The Balaban J connectivity index is 1.86. The Labute approximate surface area is 120 Å². The number of carbonyl (C=O) groups excluding carboxylic acids is 1. The molecule has 0 bridgehead atoms. The lowest BCUT2D eigenvalue weighted by atomic mass is 10.1. The Hall–Kier alpha value is -1.75. The number of hydrogen-bond acceptors (Lipinski definition) is 4. The molecule has 0 spiro atoms. The van der Waals surface area contributed by atoms with Gasteiger partial charge in [-0.3, -0.25) is 4.79 Å². The number of anilines is 2. The van der Waals surface area contributed by atoms with Gasteiger partial charge in [-0.2, -0.15) is 0 Å². The largest absolute Gasteiger partial charge is 0.382 e. The van der Waals surface area contributed by atoms with Crippen molar-refractivity contribution in [2.45, 2.75) is 13.8 Å². The zero-order valence-electron chi connectivity index (χ0n) is 12.2. The topological polar surface area (TPSA) is 62.4 Å². The molecule has 1 heterocycles. The lowest BCUT2D eigenvalue weighted by Gasteiger charge is -2.22. The van der Waals surface area contributed by atoms with Crippen LogP contribution in [-0.2, 0) is 4.74 Å². The van der Waals surface area contributed by atoms with Gasteiger partial charge >= 0.3 is 0 Å². The normalized spacial score (nSPS) is 13.3. The van der Waals surface area contributed by atoms with Gasteiger partial charge in [-0.15, -0.1) is 0 Å². The summed E-state index contributed by atoms with van der Waals surface area (Å²) in [6.07, 6.45) is 0. The van der Waals surface area contributed by atoms with E-state index in [1.54, 1.807) is 0 Å². The molecule has 1 aliphatic heterocycles. The van der Waals surface area contributed by atoms with Gasteiger partial charge < -0.3 is 20.7 Å². The fraction of sp³-hybridized carbons (Fsp3) is 0.533. The zero-order chi connectivity index (χ0) is 14.4. The molecule has 0 aliphatic carbocycles. The van der Waals surface area contributed by atoms with Crippen LogP contribution in [0.5, 0.6) is 0 Å². The number of fused-ring (bicyclic) bond motifs is 1. The van der Waals surface area contributed by atoms with Crippen LogP contribution in [0.3, 0.4) is 0 Å². The van der Waals surface area contributed by atoms with E-state index in [2.05, 4.69) is 29.8 Å². The highest BCUT2D eigenvalue weighted by molar-refractivity contribution is 6.02. The van der Waals surface area contributed by atoms with Gasteiger partial charge in [-0.1, -0.05) is 19.9 Å². The number of hydrogen-bond donors (Lipinski definition) is 3. The molecular weight excluding hydrogens is 254 g/mol. The molecule has 0 aromatic heterocycles. The Morgan fingerprint density at radius 3 is 2.95 bits per heavy atom. The van der Waals surface area contributed by atoms with Crippen LogP contribution in [0.25, 0.3) is 0 Å². The predicted molar refractivity (Wildman–Crippen MR) is 81.4 cm³/mol. The van der Waals surface area contributed by atoms with Crippen molar-refractivity contribution in [1.29, 1.82) is 0 Å². The smallest absolute Gasteiger partial charge is 0.253 e. The van der Waals surface area contributed by atoms with Gasteiger partial charge in [0.05, 0.1) is 23.5 Å². The molecular formula is C15H23N3O2. The van der Waals surface area contributed by atoms with E-state index in [0.29, 0.717) is 24.6 Å². The van der Waals surface area contributed by atoms with E-state index >= 15 is 0 Å². The molecule has 5 nitrogen and oxygen atoms in total. The Kier molecular flexibility index (Phi) is 5.24. The lowest BCUT2D eigenvalue weighted by molar-refractivity contribution is 0.0887. The van der Waals surface area contributed by atoms with E-state index < -0.39 is 0 Å². The van der Waals surface area contributed by atoms with Crippen molar-refractivity contribution in [3.63, 3.8) is 0 Å². The molecule has 1 aromatic carbocycles. The summed E-state index contributed by atoms with van der Waals surface area (Å²) in [4.78, 5) is 12.2. The third-order valence-corrected chi connectivity index (χ3v) is 3.03. The molecule has 110 valence electrons. The molecule has 0 saturated carbocycles. The molecule has 0 atom stereocenters. The summed E-state index contributed by atoms with van der Waals surface area (Å²) in [5.41, 5.74) is 2.55. The monoisotopic (exact) mass is 277 g/mol. The van der Waals surface area contributed by atoms with Crippen molar-refractivity contribution in [3.8, 4) is 0 Å². The molecule has 1 aromatic rings. The number of nitrogens with one attached hydrogen (secondary N) is 3. The first-order valence-corrected chi connectivity index (χ1v) is 7.15. The average molecular weight is 277 g/mol. The van der Waals surface area contributed by atoms with Crippen molar-refractivity contribution in [1.82, 2.24) is 5.32 Å². The van der Waals surface area contributed by atoms with E-state index in [1.807, 2.05) is 18.2 Å². The van der Waals surface area contributed by atoms with Crippen LogP contribution in [0.2, 0.25) is 0 Å². The SMILES string of the molecule is CC(C)COCCNC(=O)c1cccc2c1NCCN2. The van der Waals surface area contributed by atoms with Gasteiger partial charge in [0.25, 0.3) is 5.91 Å². The fourth-order valence-corrected chi connectivity index (χ4v) is 2.11. The molecule has 0 fully saturated rings. The van der Waals surface area contributed by atoms with Crippen LogP contribution in [0.15, 0.2) is 18.2 Å². The third-order valence-electron chi connectivity index (χ3n) is 3.03. The van der Waals surface area contributed by atoms with Gasteiger partial charge in [-0.05, 0) is 18.1 Å². The summed E-state index contributed by atoms with van der Waals surface area (Å²) in [5.74, 6) is 0.452. The number of ether oxygens (including phenoxy) is 1. The molecule has 20 heavy (non-hydrogen) atoms. The Morgan fingerprint density at radius 2 is 2.15 bits per heavy atom. The molecule has 0 radical (unpaired) electrons. The summed E-state index contributed by atoms with van der Waals surface area (Å²) in [7, 11) is 0. The lowest BCUT2D eigenvalue weighted by Crippen LogP contribution is -2.30. The first-order chi connectivity index (χ1) is 9.68. The summed E-state index contributed by atoms with van der Waals surface area (Å²) < 4.78 is 5.45. The average Bonchev–Trinajstić information content (AvgIpc) is 2.45. The van der Waals surface area contributed by atoms with Crippen molar-refractivity contribution in [3.05, 3.63) is 23.8 Å². The van der Waals surface area contributed by atoms with Gasteiger partial charge in [-0.25, -0.2) is 0 Å². The van der Waals surface area contributed by atoms with Crippen LogP contribution in [0.1, 0.15) is 24.2 Å². The molecule has 2 rings (SSSR count). The maximum atomic E-state index is 12.2. The number of rotatable bonds is 6. The summed E-state index contributed by atoms with van der Waals surface area (Å²) in [6, 6.07) is 5.70. The minimum absolute atomic E-state index is 0.0637. The second-order valence-electron chi connectivity index (χ2n) is 5.31. The number of carbonyl (C=O) groups is 1. The van der Waals surface area contributed by atoms with Crippen LogP contribution < -0.4 is 16.0 Å². The quantitative estimate of drug-likeness (QED) is 0.695. The predicted octanol–water partition coefficient (Wildman–Crippen LogP) is 1.93. The summed E-state index contributed by atoms with van der Waals surface area (Å²) in [5, 5.41) is 9.44. The van der Waals surface area contributed by atoms with E-state index in [4.69, 9.17) is 4.74 Å². The van der Waals surface area contributed by atoms with Gasteiger partial charge in [0.2, 0.25) is 0 Å². The Morgan fingerprint density at radius 1 is 1.35 bits per heavy atom. The van der Waals surface area contributed by atoms with Crippen LogP contribution in [0, 0.1) is 5.92 Å². The molecule has 0 saturated heterocycles.